The summed E-state index contributed by atoms with van der Waals surface area (Å²) in [6.45, 7) is 0.936. The fourth-order valence-corrected chi connectivity index (χ4v) is 4.21. The molecule has 146 valence electrons. The van der Waals surface area contributed by atoms with Crippen LogP contribution in [-0.4, -0.2) is 45.4 Å². The van der Waals surface area contributed by atoms with Gasteiger partial charge in [-0.1, -0.05) is 18.2 Å². The largest absolute Gasteiger partial charge is 0.347 e. The van der Waals surface area contributed by atoms with Crippen molar-refractivity contribution < 1.29 is 17.6 Å². The number of nitrogens with zero attached hydrogens (tertiary/aromatic N) is 3. The topological polar surface area (TPSA) is 93.5 Å². The lowest BCUT2D eigenvalue weighted by Crippen LogP contribution is -2.36. The molecule has 0 aliphatic carbocycles. The maximum atomic E-state index is 14.5. The Bertz CT molecular complexity index is 1020. The highest BCUT2D eigenvalue weighted by atomic mass is 32.2. The number of benzene rings is 2. The van der Waals surface area contributed by atoms with Crippen LogP contribution in [0.3, 0.4) is 0 Å². The van der Waals surface area contributed by atoms with E-state index in [1.807, 2.05) is 6.19 Å². The first-order valence-electron chi connectivity index (χ1n) is 8.62. The average molecular weight is 402 g/mol. The lowest BCUT2D eigenvalue weighted by molar-refractivity contribution is 0.0935. The Morgan fingerprint density at radius 1 is 1.29 bits per heavy atom. The molecule has 0 bridgehead atoms. The van der Waals surface area contributed by atoms with Crippen molar-refractivity contribution in [3.05, 3.63) is 59.9 Å². The Morgan fingerprint density at radius 2 is 2.00 bits per heavy atom. The van der Waals surface area contributed by atoms with E-state index in [1.54, 1.807) is 18.2 Å². The van der Waals surface area contributed by atoms with Crippen molar-refractivity contribution in [3.63, 3.8) is 0 Å². The van der Waals surface area contributed by atoms with Crippen LogP contribution in [0.25, 0.3) is 0 Å². The molecule has 1 N–H and O–H groups in total. The molecular formula is C19H19FN4O3S. The number of nitrogens with one attached hydrogen (secondary N) is 1. The number of nitriles is 1. The smallest absolute Gasteiger partial charge is 0.264 e. The van der Waals surface area contributed by atoms with E-state index in [-0.39, 0.29) is 22.2 Å². The van der Waals surface area contributed by atoms with Crippen LogP contribution in [0.15, 0.2) is 53.4 Å². The fraction of sp³-hybridized carbons (Fsp3) is 0.263. The first-order valence-corrected chi connectivity index (χ1v) is 10.1. The number of amides is 1. The Morgan fingerprint density at radius 3 is 2.61 bits per heavy atom. The van der Waals surface area contributed by atoms with Gasteiger partial charge in [-0.05, 0) is 36.8 Å². The van der Waals surface area contributed by atoms with Gasteiger partial charge in [-0.25, -0.2) is 12.8 Å². The van der Waals surface area contributed by atoms with Gasteiger partial charge in [-0.3, -0.25) is 9.10 Å². The van der Waals surface area contributed by atoms with Crippen molar-refractivity contribution in [2.75, 3.05) is 24.4 Å². The maximum Gasteiger partial charge on any atom is 0.264 e. The van der Waals surface area contributed by atoms with Gasteiger partial charge in [0, 0.05) is 26.2 Å². The minimum Gasteiger partial charge on any atom is -0.347 e. The van der Waals surface area contributed by atoms with Gasteiger partial charge in [0.25, 0.3) is 15.9 Å². The molecule has 1 heterocycles. The molecule has 7 nitrogen and oxygen atoms in total. The number of anilines is 1. The van der Waals surface area contributed by atoms with Crippen LogP contribution in [0, 0.1) is 17.3 Å². The van der Waals surface area contributed by atoms with Crippen LogP contribution in [0.4, 0.5) is 10.1 Å². The molecule has 0 aromatic heterocycles. The molecule has 0 radical (unpaired) electrons. The van der Waals surface area contributed by atoms with Crippen LogP contribution in [-0.2, 0) is 10.0 Å². The van der Waals surface area contributed by atoms with Crippen LogP contribution in [0.5, 0.6) is 0 Å². The summed E-state index contributed by atoms with van der Waals surface area (Å²) in [6.07, 6.45) is 2.62. The Balaban J connectivity index is 1.77. The number of carbonyl (C=O) groups is 1. The molecule has 0 saturated carbocycles. The van der Waals surface area contributed by atoms with Crippen molar-refractivity contribution in [2.45, 2.75) is 17.4 Å². The summed E-state index contributed by atoms with van der Waals surface area (Å²) in [5, 5.41) is 11.6. The predicted molar refractivity (Wildman–Crippen MR) is 101 cm³/mol. The second-order valence-electron chi connectivity index (χ2n) is 6.45. The summed E-state index contributed by atoms with van der Waals surface area (Å²) in [7, 11) is -2.51. The minimum absolute atomic E-state index is 0.0861. The fourth-order valence-electron chi connectivity index (χ4n) is 3.01. The number of likely N-dealkylation sites (tertiary alicyclic amines) is 1. The lowest BCUT2D eigenvalue weighted by atomic mass is 10.1. The highest BCUT2D eigenvalue weighted by molar-refractivity contribution is 7.92. The van der Waals surface area contributed by atoms with Crippen LogP contribution >= 0.6 is 0 Å². The first-order chi connectivity index (χ1) is 13.3. The zero-order valence-electron chi connectivity index (χ0n) is 15.2. The summed E-state index contributed by atoms with van der Waals surface area (Å²) in [6, 6.07) is 11.2. The maximum absolute atomic E-state index is 14.5. The molecule has 28 heavy (non-hydrogen) atoms. The van der Waals surface area contributed by atoms with Crippen molar-refractivity contribution >= 4 is 21.6 Å². The third-order valence-corrected chi connectivity index (χ3v) is 6.43. The standard InChI is InChI=1S/C19H19FN4O3S/c1-23(28(26,27)16-5-3-2-4-6-16)15-7-8-17(18(20)11-15)19(25)22-14-9-10-24(12-14)13-21/h2-8,11,14H,9-10,12H2,1H3,(H,22,25). The zero-order chi connectivity index (χ0) is 20.3. The van der Waals surface area contributed by atoms with E-state index < -0.39 is 21.7 Å². The lowest BCUT2D eigenvalue weighted by Gasteiger charge is -2.20. The van der Waals surface area contributed by atoms with E-state index in [0.717, 1.165) is 10.4 Å². The van der Waals surface area contributed by atoms with E-state index in [1.165, 1.54) is 36.2 Å². The molecule has 9 heteroatoms. The van der Waals surface area contributed by atoms with Gasteiger partial charge < -0.3 is 10.2 Å². The molecule has 1 saturated heterocycles. The molecular weight excluding hydrogens is 383 g/mol. The molecule has 1 aliphatic rings. The average Bonchev–Trinajstić information content (AvgIpc) is 3.15. The zero-order valence-corrected chi connectivity index (χ0v) is 16.0. The van der Waals surface area contributed by atoms with Gasteiger partial charge in [-0.15, -0.1) is 0 Å². The van der Waals surface area contributed by atoms with Crippen molar-refractivity contribution in [1.29, 1.82) is 5.26 Å². The number of hydrogen-bond acceptors (Lipinski definition) is 5. The van der Waals surface area contributed by atoms with E-state index in [4.69, 9.17) is 5.26 Å². The monoisotopic (exact) mass is 402 g/mol. The predicted octanol–water partition coefficient (Wildman–Crippen LogP) is 1.94. The van der Waals surface area contributed by atoms with E-state index >= 15 is 0 Å². The van der Waals surface area contributed by atoms with E-state index in [9.17, 15) is 17.6 Å². The first kappa shape index (κ1) is 19.6. The molecule has 1 unspecified atom stereocenters. The molecule has 3 rings (SSSR count). The third kappa shape index (κ3) is 3.92. The van der Waals surface area contributed by atoms with Gasteiger partial charge in [0.15, 0.2) is 6.19 Å². The van der Waals surface area contributed by atoms with E-state index in [0.29, 0.717) is 19.5 Å². The molecule has 0 spiro atoms. The van der Waals surface area contributed by atoms with Gasteiger partial charge in [-0.2, -0.15) is 5.26 Å². The van der Waals surface area contributed by atoms with Gasteiger partial charge >= 0.3 is 0 Å². The Kier molecular flexibility index (Phi) is 5.51. The van der Waals surface area contributed by atoms with Gasteiger partial charge in [0.1, 0.15) is 5.82 Å². The van der Waals surface area contributed by atoms with Crippen LogP contribution < -0.4 is 9.62 Å². The van der Waals surface area contributed by atoms with Gasteiger partial charge in [0.05, 0.1) is 16.1 Å². The summed E-state index contributed by atoms with van der Waals surface area (Å²) >= 11 is 0. The van der Waals surface area contributed by atoms with Crippen molar-refractivity contribution in [1.82, 2.24) is 10.2 Å². The normalized spacial score (nSPS) is 16.5. The second-order valence-corrected chi connectivity index (χ2v) is 8.42. The summed E-state index contributed by atoms with van der Waals surface area (Å²) in [5.41, 5.74) is -0.0703. The molecule has 2 aromatic carbocycles. The number of rotatable bonds is 5. The summed E-state index contributed by atoms with van der Waals surface area (Å²) < 4.78 is 40.8. The number of halogens is 1. The molecule has 1 aliphatic heterocycles. The third-order valence-electron chi connectivity index (χ3n) is 4.63. The van der Waals surface area contributed by atoms with Crippen LogP contribution in [0.1, 0.15) is 16.8 Å². The van der Waals surface area contributed by atoms with Crippen molar-refractivity contribution in [2.24, 2.45) is 0 Å². The number of sulfonamides is 1. The number of carbonyl (C=O) groups excluding carboxylic acids is 1. The quantitative estimate of drug-likeness (QED) is 0.772. The highest BCUT2D eigenvalue weighted by Gasteiger charge is 2.26. The molecule has 1 fully saturated rings. The molecule has 1 atom stereocenters. The Labute approximate surface area is 163 Å². The SMILES string of the molecule is CN(c1ccc(C(=O)NC2CCN(C#N)C2)c(F)c1)S(=O)(=O)c1ccccc1. The molecule has 2 aromatic rings. The molecule has 1 amide bonds. The van der Waals surface area contributed by atoms with Crippen LogP contribution in [0.2, 0.25) is 0 Å². The van der Waals surface area contributed by atoms with Crippen molar-refractivity contribution in [3.8, 4) is 6.19 Å². The number of hydrogen-bond donors (Lipinski definition) is 1. The Hall–Kier alpha value is -3.12. The minimum atomic E-state index is -3.84. The second kappa shape index (κ2) is 7.86. The summed E-state index contributed by atoms with van der Waals surface area (Å²) in [4.78, 5) is 13.9. The van der Waals surface area contributed by atoms with E-state index in [2.05, 4.69) is 5.32 Å². The summed E-state index contributed by atoms with van der Waals surface area (Å²) in [5.74, 6) is -1.41. The highest BCUT2D eigenvalue weighted by Crippen LogP contribution is 2.24. The van der Waals surface area contributed by atoms with Gasteiger partial charge in [0.2, 0.25) is 0 Å².